The number of benzene rings is 2. The molecular formula is C26H25ClN4O5. The Bertz CT molecular complexity index is 1430. The van der Waals surface area contributed by atoms with Crippen LogP contribution in [0.4, 0.5) is 0 Å². The van der Waals surface area contributed by atoms with Gasteiger partial charge in [-0.1, -0.05) is 31.5 Å². The van der Waals surface area contributed by atoms with Gasteiger partial charge in [0.2, 0.25) is 0 Å². The highest BCUT2D eigenvalue weighted by Gasteiger charge is 2.27. The van der Waals surface area contributed by atoms with Crippen molar-refractivity contribution in [1.29, 1.82) is 0 Å². The van der Waals surface area contributed by atoms with Gasteiger partial charge < -0.3 is 19.9 Å². The summed E-state index contributed by atoms with van der Waals surface area (Å²) in [6.45, 7) is 3.44. The van der Waals surface area contributed by atoms with E-state index in [2.05, 4.69) is 15.4 Å². The maximum Gasteiger partial charge on any atom is 0.326 e. The summed E-state index contributed by atoms with van der Waals surface area (Å²) >= 11 is 6.17. The molecule has 0 fully saturated rings. The average molecular weight is 509 g/mol. The van der Waals surface area contributed by atoms with Crippen molar-refractivity contribution in [3.05, 3.63) is 65.4 Å². The van der Waals surface area contributed by atoms with Gasteiger partial charge in [0.15, 0.2) is 5.69 Å². The SMILES string of the molecule is COc1cccc(OC)c1-c1cc(C(=O)N[C@H](C(=O)O)C(C)C)nn1-c1ccnc2cc(Cl)ccc12. The van der Waals surface area contributed by atoms with E-state index < -0.39 is 17.9 Å². The van der Waals surface area contributed by atoms with Crippen molar-refractivity contribution in [2.45, 2.75) is 19.9 Å². The van der Waals surface area contributed by atoms with Gasteiger partial charge in [-0.2, -0.15) is 5.10 Å². The van der Waals surface area contributed by atoms with Crippen molar-refractivity contribution in [3.63, 3.8) is 0 Å². The molecule has 36 heavy (non-hydrogen) atoms. The lowest BCUT2D eigenvalue weighted by Crippen LogP contribution is -2.44. The summed E-state index contributed by atoms with van der Waals surface area (Å²) in [7, 11) is 3.08. The first-order valence-electron chi connectivity index (χ1n) is 11.1. The smallest absolute Gasteiger partial charge is 0.326 e. The Morgan fingerprint density at radius 2 is 1.75 bits per heavy atom. The van der Waals surface area contributed by atoms with E-state index in [4.69, 9.17) is 21.1 Å². The van der Waals surface area contributed by atoms with Crippen LogP contribution in [0.3, 0.4) is 0 Å². The second kappa shape index (κ2) is 10.2. The maximum absolute atomic E-state index is 13.2. The molecule has 0 aliphatic carbocycles. The summed E-state index contributed by atoms with van der Waals surface area (Å²) < 4.78 is 12.8. The monoisotopic (exact) mass is 508 g/mol. The van der Waals surface area contributed by atoms with Crippen molar-refractivity contribution in [1.82, 2.24) is 20.1 Å². The van der Waals surface area contributed by atoms with Gasteiger partial charge in [-0.25, -0.2) is 9.48 Å². The number of nitrogens with one attached hydrogen (secondary N) is 1. The van der Waals surface area contributed by atoms with Crippen molar-refractivity contribution < 1.29 is 24.2 Å². The number of ether oxygens (including phenoxy) is 2. The van der Waals surface area contributed by atoms with Crippen LogP contribution in [0.2, 0.25) is 5.02 Å². The fraction of sp³-hybridized carbons (Fsp3) is 0.231. The van der Waals surface area contributed by atoms with Crippen LogP contribution in [0.25, 0.3) is 27.8 Å². The van der Waals surface area contributed by atoms with Crippen LogP contribution < -0.4 is 14.8 Å². The number of halogens is 1. The van der Waals surface area contributed by atoms with Gasteiger partial charge >= 0.3 is 5.97 Å². The lowest BCUT2D eigenvalue weighted by Gasteiger charge is -2.16. The molecule has 2 heterocycles. The van der Waals surface area contributed by atoms with Gasteiger partial charge in [-0.3, -0.25) is 9.78 Å². The Hall–Kier alpha value is -4.11. The molecule has 10 heteroatoms. The molecule has 9 nitrogen and oxygen atoms in total. The van der Waals surface area contributed by atoms with Crippen LogP contribution in [0, 0.1) is 5.92 Å². The van der Waals surface area contributed by atoms with E-state index in [9.17, 15) is 14.7 Å². The molecule has 0 saturated heterocycles. The van der Waals surface area contributed by atoms with E-state index in [0.29, 0.717) is 39.0 Å². The van der Waals surface area contributed by atoms with E-state index in [-0.39, 0.29) is 11.6 Å². The minimum absolute atomic E-state index is 0.0313. The van der Waals surface area contributed by atoms with Gasteiger partial charge in [-0.05, 0) is 48.4 Å². The van der Waals surface area contributed by atoms with E-state index in [1.54, 1.807) is 67.2 Å². The first-order chi connectivity index (χ1) is 17.2. The molecule has 4 rings (SSSR count). The van der Waals surface area contributed by atoms with Crippen LogP contribution in [0.15, 0.2) is 54.7 Å². The number of aliphatic carboxylic acids is 1. The summed E-state index contributed by atoms with van der Waals surface area (Å²) in [4.78, 5) is 29.2. The molecule has 0 spiro atoms. The van der Waals surface area contributed by atoms with Crippen LogP contribution in [-0.2, 0) is 4.79 Å². The minimum atomic E-state index is -1.12. The molecule has 4 aromatic rings. The first kappa shape index (κ1) is 25.0. The third-order valence-electron chi connectivity index (χ3n) is 5.76. The highest BCUT2D eigenvalue weighted by Crippen LogP contribution is 2.40. The summed E-state index contributed by atoms with van der Waals surface area (Å²) in [5.74, 6) is -1.05. The molecule has 1 amide bonds. The third kappa shape index (κ3) is 4.70. The highest BCUT2D eigenvalue weighted by molar-refractivity contribution is 6.31. The molecule has 2 aromatic carbocycles. The molecule has 0 aliphatic heterocycles. The first-order valence-corrected chi connectivity index (χ1v) is 11.5. The summed E-state index contributed by atoms with van der Waals surface area (Å²) in [5.41, 5.74) is 2.39. The third-order valence-corrected chi connectivity index (χ3v) is 5.99. The Balaban J connectivity index is 1.96. The van der Waals surface area contributed by atoms with Crippen LogP contribution in [0.5, 0.6) is 11.5 Å². The number of fused-ring (bicyclic) bond motifs is 1. The normalized spacial score (nSPS) is 11.9. The number of aromatic nitrogens is 3. The fourth-order valence-electron chi connectivity index (χ4n) is 3.98. The molecule has 0 aliphatic rings. The summed E-state index contributed by atoms with van der Waals surface area (Å²) in [6, 6.07) is 12.9. The number of pyridine rings is 1. The summed E-state index contributed by atoms with van der Waals surface area (Å²) in [6.07, 6.45) is 1.62. The number of hydrogen-bond donors (Lipinski definition) is 2. The number of carbonyl (C=O) groups excluding carboxylic acids is 1. The lowest BCUT2D eigenvalue weighted by atomic mass is 10.0. The second-order valence-electron chi connectivity index (χ2n) is 8.39. The zero-order valence-electron chi connectivity index (χ0n) is 20.2. The van der Waals surface area contributed by atoms with Crippen LogP contribution in [-0.4, -0.2) is 52.0 Å². The zero-order valence-corrected chi connectivity index (χ0v) is 20.9. The average Bonchev–Trinajstić information content (AvgIpc) is 3.30. The van der Waals surface area contributed by atoms with Gasteiger partial charge in [0, 0.05) is 16.6 Å². The zero-order chi connectivity index (χ0) is 26.0. The number of nitrogens with zero attached hydrogens (tertiary/aromatic N) is 3. The number of carboxylic acid groups (broad SMARTS) is 1. The van der Waals surface area contributed by atoms with Gasteiger partial charge in [0.1, 0.15) is 17.5 Å². The Kier molecular flexibility index (Phi) is 7.12. The molecule has 2 N–H and O–H groups in total. The van der Waals surface area contributed by atoms with Crippen molar-refractivity contribution >= 4 is 34.4 Å². The Morgan fingerprint density at radius 1 is 1.06 bits per heavy atom. The standard InChI is InChI=1S/C26H25ClN4O5/c1-14(2)24(26(33)34)29-25(32)18-13-20(23-21(35-3)6-5-7-22(23)36-4)31(30-18)19-10-11-28-17-12-15(27)8-9-16(17)19/h5-14,24H,1-4H3,(H,29,32)(H,33,34)/t24-/m0/s1. The Morgan fingerprint density at radius 3 is 2.36 bits per heavy atom. The Labute approximate surface area is 212 Å². The molecule has 186 valence electrons. The molecular weight excluding hydrogens is 484 g/mol. The van der Waals surface area contributed by atoms with E-state index in [1.165, 1.54) is 14.2 Å². The second-order valence-corrected chi connectivity index (χ2v) is 8.83. The molecule has 2 aromatic heterocycles. The predicted octanol–water partition coefficient (Wildman–Crippen LogP) is 4.60. The molecule has 0 saturated carbocycles. The van der Waals surface area contributed by atoms with Crippen molar-refractivity contribution in [2.24, 2.45) is 5.92 Å². The van der Waals surface area contributed by atoms with Crippen LogP contribution >= 0.6 is 11.6 Å². The van der Waals surface area contributed by atoms with Crippen LogP contribution in [0.1, 0.15) is 24.3 Å². The number of hydrogen-bond acceptors (Lipinski definition) is 6. The van der Waals surface area contributed by atoms with E-state index in [0.717, 1.165) is 5.39 Å². The van der Waals surface area contributed by atoms with Crippen molar-refractivity contribution in [3.8, 4) is 28.4 Å². The number of rotatable bonds is 8. The number of amides is 1. The molecule has 1 atom stereocenters. The predicted molar refractivity (Wildman–Crippen MR) is 136 cm³/mol. The summed E-state index contributed by atoms with van der Waals surface area (Å²) in [5, 5.41) is 18.0. The van der Waals surface area contributed by atoms with Gasteiger partial charge in [0.25, 0.3) is 5.91 Å². The molecule has 0 unspecified atom stereocenters. The largest absolute Gasteiger partial charge is 0.496 e. The highest BCUT2D eigenvalue weighted by atomic mass is 35.5. The van der Waals surface area contributed by atoms with Gasteiger partial charge in [0.05, 0.1) is 36.7 Å². The molecule has 0 radical (unpaired) electrons. The number of carbonyl (C=O) groups is 2. The quantitative estimate of drug-likeness (QED) is 0.357. The van der Waals surface area contributed by atoms with Gasteiger partial charge in [-0.15, -0.1) is 0 Å². The van der Waals surface area contributed by atoms with Crippen molar-refractivity contribution in [2.75, 3.05) is 14.2 Å². The molecule has 0 bridgehead atoms. The number of carboxylic acids is 1. The number of methoxy groups -OCH3 is 2. The lowest BCUT2D eigenvalue weighted by molar-refractivity contribution is -0.140. The van der Waals surface area contributed by atoms with E-state index >= 15 is 0 Å². The minimum Gasteiger partial charge on any atom is -0.496 e. The fourth-order valence-corrected chi connectivity index (χ4v) is 4.14. The maximum atomic E-state index is 13.2. The topological polar surface area (TPSA) is 116 Å². The van der Waals surface area contributed by atoms with E-state index in [1.807, 2.05) is 6.07 Å².